The number of ether oxygens (including phenoxy) is 1. The molecule has 0 N–H and O–H groups in total. The summed E-state index contributed by atoms with van der Waals surface area (Å²) < 4.78 is 5.38. The molecule has 0 saturated carbocycles. The minimum absolute atomic E-state index is 0.213. The van der Waals surface area contributed by atoms with E-state index in [4.69, 9.17) is 16.3 Å². The fourth-order valence-electron chi connectivity index (χ4n) is 2.57. The lowest BCUT2D eigenvalue weighted by Crippen LogP contribution is -2.37. The minimum atomic E-state index is -0.505. The number of carbonyl (C=O) groups is 2. The number of halogens is 1. The molecule has 2 heterocycles. The molecule has 1 fully saturated rings. The van der Waals surface area contributed by atoms with Crippen molar-refractivity contribution in [3.63, 3.8) is 0 Å². The Morgan fingerprint density at radius 2 is 2.08 bits per heavy atom. The first kappa shape index (κ1) is 18.4. The first-order valence-electron chi connectivity index (χ1n) is 7.88. The Balaban J connectivity index is 1.87. The molecule has 0 bridgehead atoms. The normalized spacial score (nSPS) is 17.7. The lowest BCUT2D eigenvalue weighted by atomic mass is 10.1. The monoisotopic (exact) mass is 354 g/mol. The summed E-state index contributed by atoms with van der Waals surface area (Å²) in [5, 5.41) is 7.73. The molecule has 132 valence electrons. The van der Waals surface area contributed by atoms with Gasteiger partial charge in [0.05, 0.1) is 0 Å². The maximum atomic E-state index is 12.3. The molecule has 1 saturated heterocycles. The van der Waals surface area contributed by atoms with Crippen molar-refractivity contribution in [3.05, 3.63) is 23.0 Å². The van der Waals surface area contributed by atoms with E-state index in [1.54, 1.807) is 22.9 Å². The van der Waals surface area contributed by atoms with Gasteiger partial charge in [-0.15, -0.1) is 10.2 Å². The van der Waals surface area contributed by atoms with Crippen molar-refractivity contribution in [2.75, 3.05) is 26.7 Å². The van der Waals surface area contributed by atoms with Crippen molar-refractivity contribution in [1.29, 1.82) is 0 Å². The number of aromatic nitrogens is 2. The van der Waals surface area contributed by atoms with Crippen LogP contribution in [-0.4, -0.2) is 64.3 Å². The third-order valence-electron chi connectivity index (χ3n) is 3.67. The molecule has 1 atom stereocenters. The molecule has 7 nitrogen and oxygen atoms in total. The quantitative estimate of drug-likeness (QED) is 0.833. The van der Waals surface area contributed by atoms with Crippen LogP contribution in [0, 0.1) is 5.92 Å². The Bertz CT molecular complexity index is 600. The lowest BCUT2D eigenvalue weighted by molar-refractivity contribution is 0.0286. The Labute approximate surface area is 146 Å². The topological polar surface area (TPSA) is 75.6 Å². The molecule has 1 aromatic rings. The summed E-state index contributed by atoms with van der Waals surface area (Å²) in [6.45, 7) is 7.30. The van der Waals surface area contributed by atoms with E-state index in [0.717, 1.165) is 6.42 Å². The summed E-state index contributed by atoms with van der Waals surface area (Å²) in [6, 6.07) is 3.09. The smallest absolute Gasteiger partial charge is 0.410 e. The molecule has 0 aliphatic carbocycles. The van der Waals surface area contributed by atoms with Crippen molar-refractivity contribution in [3.8, 4) is 0 Å². The van der Waals surface area contributed by atoms with Gasteiger partial charge in [0.25, 0.3) is 5.91 Å². The molecule has 2 amide bonds. The van der Waals surface area contributed by atoms with Gasteiger partial charge >= 0.3 is 6.09 Å². The van der Waals surface area contributed by atoms with E-state index in [-0.39, 0.29) is 28.8 Å². The zero-order valence-corrected chi connectivity index (χ0v) is 15.2. The van der Waals surface area contributed by atoms with E-state index in [1.165, 1.54) is 6.07 Å². The largest absolute Gasteiger partial charge is 0.444 e. The van der Waals surface area contributed by atoms with Gasteiger partial charge in [-0.3, -0.25) is 4.79 Å². The fourth-order valence-corrected chi connectivity index (χ4v) is 2.67. The Morgan fingerprint density at radius 1 is 1.38 bits per heavy atom. The number of likely N-dealkylation sites (tertiary alicyclic amines) is 1. The van der Waals surface area contributed by atoms with Crippen LogP contribution in [-0.2, 0) is 4.74 Å². The second-order valence-electron chi connectivity index (χ2n) is 7.01. The van der Waals surface area contributed by atoms with E-state index in [0.29, 0.717) is 19.6 Å². The number of hydrogen-bond donors (Lipinski definition) is 0. The highest BCUT2D eigenvalue weighted by Crippen LogP contribution is 2.20. The van der Waals surface area contributed by atoms with Gasteiger partial charge in [-0.1, -0.05) is 11.6 Å². The average Bonchev–Trinajstić information content (AvgIpc) is 2.94. The van der Waals surface area contributed by atoms with E-state index in [9.17, 15) is 9.59 Å². The zero-order valence-electron chi connectivity index (χ0n) is 14.5. The van der Waals surface area contributed by atoms with E-state index < -0.39 is 5.60 Å². The van der Waals surface area contributed by atoms with Crippen LogP contribution in [0.2, 0.25) is 5.15 Å². The average molecular weight is 355 g/mol. The third kappa shape index (κ3) is 5.06. The summed E-state index contributed by atoms with van der Waals surface area (Å²) in [6.07, 6.45) is 0.533. The molecule has 0 radical (unpaired) electrons. The van der Waals surface area contributed by atoms with Gasteiger partial charge in [0.2, 0.25) is 0 Å². The summed E-state index contributed by atoms with van der Waals surface area (Å²) in [4.78, 5) is 27.7. The van der Waals surface area contributed by atoms with E-state index >= 15 is 0 Å². The second-order valence-corrected chi connectivity index (χ2v) is 7.40. The van der Waals surface area contributed by atoms with Crippen molar-refractivity contribution in [2.45, 2.75) is 32.8 Å². The molecular weight excluding hydrogens is 332 g/mol. The molecule has 0 spiro atoms. The van der Waals surface area contributed by atoms with Crippen molar-refractivity contribution in [1.82, 2.24) is 20.0 Å². The molecule has 0 aromatic carbocycles. The summed E-state index contributed by atoms with van der Waals surface area (Å²) >= 11 is 5.68. The van der Waals surface area contributed by atoms with Gasteiger partial charge in [0.1, 0.15) is 5.60 Å². The summed E-state index contributed by atoms with van der Waals surface area (Å²) in [5.41, 5.74) is -0.251. The number of carbonyl (C=O) groups excluding carboxylic acids is 2. The van der Waals surface area contributed by atoms with Gasteiger partial charge in [-0.05, 0) is 45.2 Å². The summed E-state index contributed by atoms with van der Waals surface area (Å²) in [7, 11) is 1.72. The summed E-state index contributed by atoms with van der Waals surface area (Å²) in [5.74, 6) is 0.00149. The van der Waals surface area contributed by atoms with Crippen LogP contribution in [0.4, 0.5) is 4.79 Å². The van der Waals surface area contributed by atoms with Crippen LogP contribution >= 0.6 is 11.6 Å². The minimum Gasteiger partial charge on any atom is -0.444 e. The third-order valence-corrected chi connectivity index (χ3v) is 3.87. The van der Waals surface area contributed by atoms with E-state index in [2.05, 4.69) is 10.2 Å². The molecule has 1 aliphatic heterocycles. The molecular formula is C16H23ClN4O3. The molecule has 8 heteroatoms. The number of rotatable bonds is 3. The molecule has 1 unspecified atom stereocenters. The van der Waals surface area contributed by atoms with Gasteiger partial charge in [0, 0.05) is 26.7 Å². The zero-order chi connectivity index (χ0) is 17.9. The molecule has 1 aromatic heterocycles. The lowest BCUT2D eigenvalue weighted by Gasteiger charge is -2.25. The molecule has 2 rings (SSSR count). The molecule has 1 aliphatic rings. The van der Waals surface area contributed by atoms with Gasteiger partial charge in [0.15, 0.2) is 10.8 Å². The maximum Gasteiger partial charge on any atom is 0.410 e. The van der Waals surface area contributed by atoms with Crippen LogP contribution in [0.1, 0.15) is 37.7 Å². The van der Waals surface area contributed by atoms with Crippen LogP contribution in [0.3, 0.4) is 0 Å². The fraction of sp³-hybridized carbons (Fsp3) is 0.625. The van der Waals surface area contributed by atoms with Crippen LogP contribution in [0.25, 0.3) is 0 Å². The van der Waals surface area contributed by atoms with E-state index in [1.807, 2.05) is 20.8 Å². The number of hydrogen-bond acceptors (Lipinski definition) is 5. The van der Waals surface area contributed by atoms with Gasteiger partial charge < -0.3 is 14.5 Å². The van der Waals surface area contributed by atoms with Gasteiger partial charge in [-0.25, -0.2) is 4.79 Å². The first-order valence-corrected chi connectivity index (χ1v) is 8.26. The first-order chi connectivity index (χ1) is 11.2. The van der Waals surface area contributed by atoms with Crippen molar-refractivity contribution in [2.24, 2.45) is 5.92 Å². The van der Waals surface area contributed by atoms with Gasteiger partial charge in [-0.2, -0.15) is 0 Å². The maximum absolute atomic E-state index is 12.3. The Morgan fingerprint density at radius 3 is 2.67 bits per heavy atom. The van der Waals surface area contributed by atoms with Crippen molar-refractivity contribution >= 4 is 23.6 Å². The highest BCUT2D eigenvalue weighted by atomic mass is 35.5. The van der Waals surface area contributed by atoms with Crippen LogP contribution < -0.4 is 0 Å². The van der Waals surface area contributed by atoms with Crippen molar-refractivity contribution < 1.29 is 14.3 Å². The highest BCUT2D eigenvalue weighted by Gasteiger charge is 2.31. The Kier molecular flexibility index (Phi) is 5.64. The second kappa shape index (κ2) is 7.34. The SMILES string of the molecule is CN(CC1CCN(C(=O)OC(C)(C)C)C1)C(=O)c1ccc(Cl)nn1. The highest BCUT2D eigenvalue weighted by molar-refractivity contribution is 6.29. The van der Waals surface area contributed by atoms with Crippen LogP contribution in [0.15, 0.2) is 12.1 Å². The number of amides is 2. The predicted octanol–water partition coefficient (Wildman–Crippen LogP) is 2.46. The number of nitrogens with zero attached hydrogens (tertiary/aromatic N) is 4. The predicted molar refractivity (Wildman–Crippen MR) is 89.9 cm³/mol. The molecule has 24 heavy (non-hydrogen) atoms. The Hall–Kier alpha value is -1.89. The standard InChI is InChI=1S/C16H23ClN4O3/c1-16(2,3)24-15(23)21-8-7-11(10-21)9-20(4)14(22)12-5-6-13(17)19-18-12/h5-6,11H,7-10H2,1-4H3. The van der Waals surface area contributed by atoms with Crippen LogP contribution in [0.5, 0.6) is 0 Å².